The van der Waals surface area contributed by atoms with E-state index in [1.54, 1.807) is 17.1 Å². The van der Waals surface area contributed by atoms with Gasteiger partial charge in [-0.3, -0.25) is 4.79 Å². The number of hydrogen-bond acceptors (Lipinski definition) is 4. The predicted molar refractivity (Wildman–Crippen MR) is 97.2 cm³/mol. The van der Waals surface area contributed by atoms with Crippen LogP contribution in [0.3, 0.4) is 0 Å². The molecule has 3 aromatic rings. The van der Waals surface area contributed by atoms with Crippen LogP contribution in [-0.2, 0) is 16.6 Å². The van der Waals surface area contributed by atoms with Crippen LogP contribution in [0, 0.1) is 0 Å². The molecule has 0 aliphatic rings. The molecule has 0 atom stereocenters. The summed E-state index contributed by atoms with van der Waals surface area (Å²) in [4.78, 5) is 11.2. The summed E-state index contributed by atoms with van der Waals surface area (Å²) in [5.74, 6) is -0.601. The van der Waals surface area contributed by atoms with E-state index < -0.39 is 15.9 Å². The van der Waals surface area contributed by atoms with Crippen molar-refractivity contribution in [3.8, 4) is 5.69 Å². The molecule has 2 aromatic carbocycles. The lowest BCUT2D eigenvalue weighted by Gasteiger charge is -2.16. The van der Waals surface area contributed by atoms with Crippen LogP contribution in [-0.4, -0.2) is 35.5 Å². The number of nitrogens with two attached hydrogens (primary N) is 1. The molecule has 1 amide bonds. The van der Waals surface area contributed by atoms with Gasteiger partial charge in [0.15, 0.2) is 0 Å². The highest BCUT2D eigenvalue weighted by Crippen LogP contribution is 2.18. The molecule has 7 nitrogen and oxygen atoms in total. The van der Waals surface area contributed by atoms with Gasteiger partial charge in [-0.25, -0.2) is 13.1 Å². The third-order valence-corrected chi connectivity index (χ3v) is 5.73. The first-order valence-corrected chi connectivity index (χ1v) is 9.27. The van der Waals surface area contributed by atoms with Crippen molar-refractivity contribution in [1.29, 1.82) is 0 Å². The van der Waals surface area contributed by atoms with Gasteiger partial charge in [-0.15, -0.1) is 0 Å². The summed E-state index contributed by atoms with van der Waals surface area (Å²) in [6, 6.07) is 15.1. The van der Waals surface area contributed by atoms with E-state index in [1.165, 1.54) is 35.6 Å². The van der Waals surface area contributed by atoms with E-state index >= 15 is 0 Å². The number of carbonyl (C=O) groups excluding carboxylic acids is 1. The Kier molecular flexibility index (Phi) is 4.88. The first-order chi connectivity index (χ1) is 12.4. The van der Waals surface area contributed by atoms with Gasteiger partial charge in [0.25, 0.3) is 0 Å². The Morgan fingerprint density at radius 1 is 1.12 bits per heavy atom. The lowest BCUT2D eigenvalue weighted by atomic mass is 10.2. The maximum atomic E-state index is 12.7. The van der Waals surface area contributed by atoms with Crippen LogP contribution in [0.25, 0.3) is 5.69 Å². The Labute approximate surface area is 151 Å². The van der Waals surface area contributed by atoms with Gasteiger partial charge in [0.05, 0.1) is 16.8 Å². The van der Waals surface area contributed by atoms with Crippen LogP contribution in [0.2, 0.25) is 0 Å². The Hall–Kier alpha value is -2.97. The summed E-state index contributed by atoms with van der Waals surface area (Å²) >= 11 is 0. The quantitative estimate of drug-likeness (QED) is 0.715. The Bertz CT molecular complexity index is 1010. The molecule has 0 fully saturated rings. The summed E-state index contributed by atoms with van der Waals surface area (Å²) in [7, 11) is -2.19. The topological polar surface area (TPSA) is 98.3 Å². The van der Waals surface area contributed by atoms with E-state index in [4.69, 9.17) is 5.73 Å². The smallest absolute Gasteiger partial charge is 0.248 e. The minimum absolute atomic E-state index is 0.0976. The van der Waals surface area contributed by atoms with Crippen LogP contribution < -0.4 is 5.73 Å². The largest absolute Gasteiger partial charge is 0.366 e. The number of para-hydroxylation sites is 1. The molecule has 0 saturated carbocycles. The molecule has 0 aliphatic carbocycles. The zero-order chi connectivity index (χ0) is 18.7. The number of aromatic nitrogens is 2. The average molecular weight is 370 g/mol. The van der Waals surface area contributed by atoms with Crippen molar-refractivity contribution >= 4 is 15.9 Å². The highest BCUT2D eigenvalue weighted by molar-refractivity contribution is 7.89. The Morgan fingerprint density at radius 3 is 2.38 bits per heavy atom. The molecule has 0 radical (unpaired) electrons. The van der Waals surface area contributed by atoms with Crippen molar-refractivity contribution in [1.82, 2.24) is 14.1 Å². The molecule has 2 N–H and O–H groups in total. The maximum absolute atomic E-state index is 12.7. The first-order valence-electron chi connectivity index (χ1n) is 7.83. The lowest BCUT2D eigenvalue weighted by molar-refractivity contribution is 0.1000. The van der Waals surface area contributed by atoms with E-state index in [0.717, 1.165) is 11.3 Å². The fraction of sp³-hybridized carbons (Fsp3) is 0.111. The maximum Gasteiger partial charge on any atom is 0.248 e. The van der Waals surface area contributed by atoms with Crippen molar-refractivity contribution < 1.29 is 13.2 Å². The van der Waals surface area contributed by atoms with Crippen LogP contribution in [0.15, 0.2) is 71.9 Å². The van der Waals surface area contributed by atoms with E-state index in [1.807, 2.05) is 30.3 Å². The molecule has 0 spiro atoms. The molecule has 0 aliphatic heterocycles. The second kappa shape index (κ2) is 7.11. The first kappa shape index (κ1) is 17.8. The highest BCUT2D eigenvalue weighted by atomic mass is 32.2. The van der Waals surface area contributed by atoms with Gasteiger partial charge in [0.1, 0.15) is 0 Å². The van der Waals surface area contributed by atoms with Crippen molar-refractivity contribution in [3.05, 3.63) is 78.1 Å². The minimum Gasteiger partial charge on any atom is -0.366 e. The van der Waals surface area contributed by atoms with Crippen LogP contribution in [0.1, 0.15) is 15.9 Å². The molecule has 134 valence electrons. The number of benzene rings is 2. The Balaban J connectivity index is 1.77. The van der Waals surface area contributed by atoms with E-state index in [-0.39, 0.29) is 17.0 Å². The summed E-state index contributed by atoms with van der Waals surface area (Å²) in [5, 5.41) is 4.27. The summed E-state index contributed by atoms with van der Waals surface area (Å²) in [5.41, 5.74) is 7.09. The third-order valence-electron chi connectivity index (χ3n) is 3.91. The van der Waals surface area contributed by atoms with Crippen LogP contribution >= 0.6 is 0 Å². The summed E-state index contributed by atoms with van der Waals surface area (Å²) in [6.07, 6.45) is 3.42. The molecule has 0 bridgehead atoms. The third kappa shape index (κ3) is 3.66. The van der Waals surface area contributed by atoms with Gasteiger partial charge >= 0.3 is 0 Å². The van der Waals surface area contributed by atoms with Crippen molar-refractivity contribution in [3.63, 3.8) is 0 Å². The molecule has 0 unspecified atom stereocenters. The monoisotopic (exact) mass is 370 g/mol. The van der Waals surface area contributed by atoms with E-state index in [0.29, 0.717) is 0 Å². The highest BCUT2D eigenvalue weighted by Gasteiger charge is 2.21. The van der Waals surface area contributed by atoms with Gasteiger partial charge in [-0.2, -0.15) is 9.40 Å². The standard InChI is InChI=1S/C18H18N4O3S/c1-21(26(24,25)17-9-7-15(8-10-17)18(19)23)12-14-11-20-22(13-14)16-5-3-2-4-6-16/h2-11,13H,12H2,1H3,(H2,19,23). The normalized spacial score (nSPS) is 11.6. The number of carbonyl (C=O) groups is 1. The van der Waals surface area contributed by atoms with E-state index in [9.17, 15) is 13.2 Å². The van der Waals surface area contributed by atoms with Gasteiger partial charge in [0.2, 0.25) is 15.9 Å². The molecular formula is C18H18N4O3S. The fourth-order valence-corrected chi connectivity index (χ4v) is 3.64. The molecule has 1 heterocycles. The number of sulfonamides is 1. The van der Waals surface area contributed by atoms with Gasteiger partial charge in [0, 0.05) is 30.9 Å². The van der Waals surface area contributed by atoms with Crippen LogP contribution in [0.4, 0.5) is 0 Å². The fourth-order valence-electron chi connectivity index (χ4n) is 2.48. The Morgan fingerprint density at radius 2 is 1.77 bits per heavy atom. The second-order valence-corrected chi connectivity index (χ2v) is 7.82. The minimum atomic E-state index is -3.69. The predicted octanol–water partition coefficient (Wildman–Crippen LogP) is 1.79. The van der Waals surface area contributed by atoms with Crippen molar-refractivity contribution in [2.45, 2.75) is 11.4 Å². The molecule has 26 heavy (non-hydrogen) atoms. The zero-order valence-corrected chi connectivity index (χ0v) is 14.9. The second-order valence-electron chi connectivity index (χ2n) is 5.78. The number of rotatable bonds is 6. The van der Waals surface area contributed by atoms with E-state index in [2.05, 4.69) is 5.10 Å². The number of nitrogens with zero attached hydrogens (tertiary/aromatic N) is 3. The number of hydrogen-bond donors (Lipinski definition) is 1. The molecule has 0 saturated heterocycles. The van der Waals surface area contributed by atoms with Crippen molar-refractivity contribution in [2.75, 3.05) is 7.05 Å². The van der Waals surface area contributed by atoms with Gasteiger partial charge in [-0.1, -0.05) is 18.2 Å². The van der Waals surface area contributed by atoms with Gasteiger partial charge in [-0.05, 0) is 36.4 Å². The van der Waals surface area contributed by atoms with Gasteiger partial charge < -0.3 is 5.73 Å². The van der Waals surface area contributed by atoms with Crippen LogP contribution in [0.5, 0.6) is 0 Å². The average Bonchev–Trinajstić information content (AvgIpc) is 3.11. The number of amides is 1. The SMILES string of the molecule is CN(Cc1cnn(-c2ccccc2)c1)S(=O)(=O)c1ccc(C(N)=O)cc1. The molecule has 1 aromatic heterocycles. The zero-order valence-electron chi connectivity index (χ0n) is 14.1. The summed E-state index contributed by atoms with van der Waals surface area (Å²) < 4.78 is 28.3. The molecular weight excluding hydrogens is 352 g/mol. The molecule has 3 rings (SSSR count). The lowest BCUT2D eigenvalue weighted by Crippen LogP contribution is -2.26. The van der Waals surface area contributed by atoms with Crippen molar-refractivity contribution in [2.24, 2.45) is 5.73 Å². The number of primary amides is 1. The summed E-state index contributed by atoms with van der Waals surface area (Å²) in [6.45, 7) is 0.173. The molecule has 8 heteroatoms.